The second-order valence-corrected chi connectivity index (χ2v) is 9.25. The number of rotatable bonds is 4. The number of aliphatic hydroxyl groups is 1. The van der Waals surface area contributed by atoms with E-state index in [-0.39, 0.29) is 17.9 Å². The first-order valence-electron chi connectivity index (χ1n) is 10.1. The molecule has 0 radical (unpaired) electrons. The third kappa shape index (κ3) is 3.89. The fourth-order valence-corrected chi connectivity index (χ4v) is 4.81. The van der Waals surface area contributed by atoms with Gasteiger partial charge in [0.05, 0.1) is 16.4 Å². The maximum absolute atomic E-state index is 13.5. The molecule has 7 nitrogen and oxygen atoms in total. The van der Waals surface area contributed by atoms with Crippen LogP contribution in [0.15, 0.2) is 34.3 Å². The molecule has 8 heteroatoms. The molecule has 0 unspecified atom stereocenters. The molecular weight excluding hydrogens is 400 g/mol. The van der Waals surface area contributed by atoms with E-state index in [1.165, 1.54) is 11.3 Å². The summed E-state index contributed by atoms with van der Waals surface area (Å²) >= 11 is 1.47. The molecule has 1 aliphatic heterocycles. The molecule has 0 spiro atoms. The minimum absolute atomic E-state index is 0.00462. The van der Waals surface area contributed by atoms with Gasteiger partial charge in [-0.3, -0.25) is 4.79 Å². The number of hydrogen-bond acceptors (Lipinski definition) is 7. The summed E-state index contributed by atoms with van der Waals surface area (Å²) in [5, 5.41) is 12.2. The van der Waals surface area contributed by atoms with E-state index in [1.807, 2.05) is 23.3 Å². The Hall–Kier alpha value is -2.58. The number of hydrogen-bond donors (Lipinski definition) is 1. The lowest BCUT2D eigenvalue weighted by Crippen LogP contribution is -2.45. The van der Waals surface area contributed by atoms with E-state index in [0.717, 1.165) is 17.7 Å². The van der Waals surface area contributed by atoms with Crippen LogP contribution >= 0.6 is 11.3 Å². The maximum Gasteiger partial charge on any atom is 0.255 e. The third-order valence-corrected chi connectivity index (χ3v) is 6.46. The van der Waals surface area contributed by atoms with Crippen molar-refractivity contribution in [1.29, 1.82) is 0 Å². The van der Waals surface area contributed by atoms with Crippen molar-refractivity contribution >= 4 is 17.2 Å². The van der Waals surface area contributed by atoms with Crippen molar-refractivity contribution in [1.82, 2.24) is 19.9 Å². The Morgan fingerprint density at radius 3 is 2.70 bits per heavy atom. The lowest BCUT2D eigenvalue weighted by molar-refractivity contribution is 0.0596. The van der Waals surface area contributed by atoms with Gasteiger partial charge >= 0.3 is 0 Å². The Kier molecular flexibility index (Phi) is 5.46. The highest BCUT2D eigenvalue weighted by Crippen LogP contribution is 2.35. The van der Waals surface area contributed by atoms with Gasteiger partial charge in [-0.15, -0.1) is 11.3 Å². The lowest BCUT2D eigenvalue weighted by Gasteiger charge is -2.37. The van der Waals surface area contributed by atoms with Crippen molar-refractivity contribution in [3.63, 3.8) is 0 Å². The molecule has 158 valence electrons. The lowest BCUT2D eigenvalue weighted by atomic mass is 9.92. The normalized spacial score (nSPS) is 19.8. The van der Waals surface area contributed by atoms with Crippen LogP contribution in [0.3, 0.4) is 0 Å². The van der Waals surface area contributed by atoms with Crippen LogP contribution < -0.4 is 0 Å². The number of nitrogens with zero attached hydrogens (tertiary/aromatic N) is 4. The first-order valence-corrected chi connectivity index (χ1v) is 11.0. The first-order chi connectivity index (χ1) is 14.3. The molecule has 4 heterocycles. The molecule has 0 bridgehead atoms. The number of carbonyl (C=O) groups excluding carboxylic acids is 1. The number of carbonyl (C=O) groups is 1. The fraction of sp³-hybridized carbons (Fsp3) is 0.455. The molecule has 3 aromatic rings. The molecule has 1 aliphatic rings. The molecule has 0 aliphatic carbocycles. The molecule has 0 aromatic carbocycles. The number of amides is 1. The predicted octanol–water partition coefficient (Wildman–Crippen LogP) is 4.14. The Morgan fingerprint density at radius 2 is 2.03 bits per heavy atom. The number of oxazole rings is 1. The van der Waals surface area contributed by atoms with Crippen molar-refractivity contribution < 1.29 is 14.3 Å². The monoisotopic (exact) mass is 426 g/mol. The predicted molar refractivity (Wildman–Crippen MR) is 114 cm³/mol. The second-order valence-electron chi connectivity index (χ2n) is 8.33. The smallest absolute Gasteiger partial charge is 0.255 e. The van der Waals surface area contributed by atoms with Crippen LogP contribution in [0.4, 0.5) is 0 Å². The zero-order chi connectivity index (χ0) is 21.5. The van der Waals surface area contributed by atoms with Gasteiger partial charge in [-0.2, -0.15) is 0 Å². The second kappa shape index (κ2) is 7.92. The van der Waals surface area contributed by atoms with E-state index in [9.17, 15) is 9.90 Å². The minimum atomic E-state index is -1.06. The molecule has 3 aromatic heterocycles. The summed E-state index contributed by atoms with van der Waals surface area (Å²) in [4.78, 5) is 29.3. The molecular formula is C22H26N4O3S. The van der Waals surface area contributed by atoms with E-state index in [4.69, 9.17) is 4.42 Å². The van der Waals surface area contributed by atoms with Crippen LogP contribution in [0, 0.1) is 6.92 Å². The average Bonchev–Trinajstić information content (AvgIpc) is 3.35. The summed E-state index contributed by atoms with van der Waals surface area (Å²) in [6.45, 7) is 7.81. The highest BCUT2D eigenvalue weighted by Gasteiger charge is 2.35. The van der Waals surface area contributed by atoms with Gasteiger partial charge in [-0.1, -0.05) is 0 Å². The van der Waals surface area contributed by atoms with Gasteiger partial charge in [0.2, 0.25) is 0 Å². The van der Waals surface area contributed by atoms with Crippen LogP contribution in [0.5, 0.6) is 0 Å². The van der Waals surface area contributed by atoms with E-state index in [2.05, 4.69) is 21.9 Å². The zero-order valence-corrected chi connectivity index (χ0v) is 18.4. The molecule has 0 saturated carbocycles. The highest BCUT2D eigenvalue weighted by atomic mass is 32.1. The van der Waals surface area contributed by atoms with Crippen molar-refractivity contribution in [3.8, 4) is 10.7 Å². The summed E-state index contributed by atoms with van der Waals surface area (Å²) in [6.07, 6.45) is 5.10. The molecule has 30 heavy (non-hydrogen) atoms. The number of likely N-dealkylation sites (tertiary alicyclic amines) is 1. The highest BCUT2D eigenvalue weighted by molar-refractivity contribution is 7.14. The number of thiophene rings is 1. The minimum Gasteiger partial charge on any atom is -0.445 e. The SMILES string of the molecule is Cc1oc([C@@H]2CC[C@@H](C)N(C(=O)c3ccsc3-c3ncccn3)C2)nc1C(C)(C)O. The number of aromatic nitrogens is 3. The van der Waals surface area contributed by atoms with Crippen molar-refractivity contribution in [2.24, 2.45) is 0 Å². The van der Waals surface area contributed by atoms with Gasteiger partial charge in [0.1, 0.15) is 17.1 Å². The Morgan fingerprint density at radius 1 is 1.30 bits per heavy atom. The maximum atomic E-state index is 13.5. The van der Waals surface area contributed by atoms with E-state index < -0.39 is 5.60 Å². The van der Waals surface area contributed by atoms with Gasteiger partial charge < -0.3 is 14.4 Å². The zero-order valence-electron chi connectivity index (χ0n) is 17.6. The Balaban J connectivity index is 1.60. The standard InChI is InChI=1S/C22H26N4O3S/c1-13-6-7-15(20-25-18(14(2)29-20)22(3,4)28)12-26(13)21(27)16-8-11-30-17(16)19-23-9-5-10-24-19/h5,8-11,13,15,28H,6-7,12H2,1-4H3/t13-,15-/m1/s1. The molecule has 1 saturated heterocycles. The average molecular weight is 427 g/mol. The van der Waals surface area contributed by atoms with Crippen LogP contribution in [0.1, 0.15) is 67.2 Å². The topological polar surface area (TPSA) is 92.4 Å². The molecule has 1 amide bonds. The first kappa shape index (κ1) is 20.7. The van der Waals surface area contributed by atoms with Crippen LogP contribution in [0.25, 0.3) is 10.7 Å². The van der Waals surface area contributed by atoms with Crippen molar-refractivity contribution in [2.75, 3.05) is 6.54 Å². The summed E-state index contributed by atoms with van der Waals surface area (Å²) in [5.74, 6) is 1.74. The molecule has 1 N–H and O–H groups in total. The van der Waals surface area contributed by atoms with Gasteiger partial charge in [0.25, 0.3) is 5.91 Å². The fourth-order valence-electron chi connectivity index (χ4n) is 3.97. The number of piperidine rings is 1. The number of aryl methyl sites for hydroxylation is 1. The Labute approximate surface area is 179 Å². The van der Waals surface area contributed by atoms with Gasteiger partial charge in [-0.05, 0) is 58.0 Å². The summed E-state index contributed by atoms with van der Waals surface area (Å²) in [5.41, 5.74) is 0.111. The third-order valence-electron chi connectivity index (χ3n) is 5.55. The van der Waals surface area contributed by atoms with Crippen LogP contribution in [-0.4, -0.2) is 43.5 Å². The molecule has 4 rings (SSSR count). The quantitative estimate of drug-likeness (QED) is 0.674. The molecule has 1 fully saturated rings. The van der Waals surface area contributed by atoms with E-state index >= 15 is 0 Å². The Bertz CT molecular complexity index is 1040. The van der Waals surface area contributed by atoms with Crippen LogP contribution in [0.2, 0.25) is 0 Å². The molecule has 2 atom stereocenters. The van der Waals surface area contributed by atoms with Crippen LogP contribution in [-0.2, 0) is 5.60 Å². The summed E-state index contributed by atoms with van der Waals surface area (Å²) < 4.78 is 5.90. The van der Waals surface area contributed by atoms with E-state index in [0.29, 0.717) is 35.3 Å². The van der Waals surface area contributed by atoms with Crippen molar-refractivity contribution in [2.45, 2.75) is 58.1 Å². The van der Waals surface area contributed by atoms with Gasteiger partial charge in [-0.25, -0.2) is 15.0 Å². The van der Waals surface area contributed by atoms with Gasteiger partial charge in [0.15, 0.2) is 11.7 Å². The summed E-state index contributed by atoms with van der Waals surface area (Å²) in [7, 11) is 0. The largest absolute Gasteiger partial charge is 0.445 e. The van der Waals surface area contributed by atoms with Crippen molar-refractivity contribution in [3.05, 3.63) is 52.8 Å². The van der Waals surface area contributed by atoms with E-state index in [1.54, 1.807) is 32.3 Å². The summed E-state index contributed by atoms with van der Waals surface area (Å²) in [6, 6.07) is 3.72. The van der Waals surface area contributed by atoms with Gasteiger partial charge in [0, 0.05) is 25.0 Å².